The van der Waals surface area contributed by atoms with Gasteiger partial charge in [-0.25, -0.2) is 4.79 Å². The summed E-state index contributed by atoms with van der Waals surface area (Å²) in [6, 6.07) is 7.48. The minimum atomic E-state index is -1.07. The fraction of sp³-hybridized carbons (Fsp3) is 0.333. The van der Waals surface area contributed by atoms with E-state index in [-0.39, 0.29) is 19.1 Å². The lowest BCUT2D eigenvalue weighted by Crippen LogP contribution is -2.48. The highest BCUT2D eigenvalue weighted by Crippen LogP contribution is 2.30. The third kappa shape index (κ3) is 2.34. The van der Waals surface area contributed by atoms with E-state index in [1.165, 1.54) is 4.90 Å². The maximum absolute atomic E-state index is 12.8. The number of benzene rings is 1. The SMILES string of the molecule is Cn1c(C(=O)N2CCO[C@@H](C(=O)O)C2)c(Cl)c2ccccc21. The zero-order valence-electron chi connectivity index (χ0n) is 12.0. The van der Waals surface area contributed by atoms with Gasteiger partial charge in [-0.3, -0.25) is 4.79 Å². The number of halogens is 1. The number of carbonyl (C=O) groups is 2. The third-order valence-corrected chi connectivity index (χ3v) is 4.26. The van der Waals surface area contributed by atoms with Crippen molar-refractivity contribution in [2.24, 2.45) is 7.05 Å². The van der Waals surface area contributed by atoms with Crippen LogP contribution in [0.2, 0.25) is 5.02 Å². The first-order valence-corrected chi connectivity index (χ1v) is 7.25. The Kier molecular flexibility index (Phi) is 3.80. The largest absolute Gasteiger partial charge is 0.479 e. The third-order valence-electron chi connectivity index (χ3n) is 3.88. The monoisotopic (exact) mass is 322 g/mol. The first-order valence-electron chi connectivity index (χ1n) is 6.87. The van der Waals surface area contributed by atoms with Crippen LogP contribution < -0.4 is 0 Å². The van der Waals surface area contributed by atoms with Gasteiger partial charge in [-0.1, -0.05) is 29.8 Å². The van der Waals surface area contributed by atoms with Gasteiger partial charge in [0.1, 0.15) is 5.69 Å². The number of aryl methyl sites for hydroxylation is 1. The molecule has 0 radical (unpaired) electrons. The lowest BCUT2D eigenvalue weighted by Gasteiger charge is -2.31. The van der Waals surface area contributed by atoms with E-state index in [1.54, 1.807) is 11.6 Å². The zero-order chi connectivity index (χ0) is 15.9. The minimum absolute atomic E-state index is 0.0199. The van der Waals surface area contributed by atoms with Crippen molar-refractivity contribution in [2.75, 3.05) is 19.7 Å². The van der Waals surface area contributed by atoms with Crippen molar-refractivity contribution in [1.29, 1.82) is 0 Å². The van der Waals surface area contributed by atoms with Crippen LogP contribution in [0.4, 0.5) is 0 Å². The normalized spacial score (nSPS) is 18.6. The van der Waals surface area contributed by atoms with Gasteiger partial charge in [0, 0.05) is 24.5 Å². The maximum Gasteiger partial charge on any atom is 0.334 e. The molecule has 1 aliphatic rings. The summed E-state index contributed by atoms with van der Waals surface area (Å²) in [5.74, 6) is -1.35. The predicted octanol–water partition coefficient (Wildman–Crippen LogP) is 1.76. The fourth-order valence-corrected chi connectivity index (χ4v) is 3.08. The highest BCUT2D eigenvalue weighted by Gasteiger charge is 2.32. The first-order chi connectivity index (χ1) is 10.5. The van der Waals surface area contributed by atoms with Crippen LogP contribution in [0.1, 0.15) is 10.5 Å². The molecule has 0 saturated carbocycles. The Morgan fingerprint density at radius 2 is 2.09 bits per heavy atom. The molecule has 116 valence electrons. The van der Waals surface area contributed by atoms with E-state index in [1.807, 2.05) is 24.3 Å². The molecular weight excluding hydrogens is 308 g/mol. The second-order valence-electron chi connectivity index (χ2n) is 5.19. The summed E-state index contributed by atoms with van der Waals surface area (Å²) in [5.41, 5.74) is 1.23. The molecule has 0 aliphatic carbocycles. The fourth-order valence-electron chi connectivity index (χ4n) is 2.72. The van der Waals surface area contributed by atoms with Gasteiger partial charge in [-0.15, -0.1) is 0 Å². The minimum Gasteiger partial charge on any atom is -0.479 e. The van der Waals surface area contributed by atoms with E-state index < -0.39 is 12.1 Å². The number of rotatable bonds is 2. The first kappa shape index (κ1) is 14.9. The number of ether oxygens (including phenoxy) is 1. The number of carboxylic acids is 1. The summed E-state index contributed by atoms with van der Waals surface area (Å²) >= 11 is 6.36. The molecule has 2 aromatic rings. The molecule has 0 bridgehead atoms. The standard InChI is InChI=1S/C15H15ClN2O4/c1-17-10-5-3-2-4-9(10)12(16)13(17)14(19)18-6-7-22-11(8-18)15(20)21/h2-5,11H,6-8H2,1H3,(H,20,21)/t11-/m1/s1. The van der Waals surface area contributed by atoms with Crippen LogP contribution in [-0.4, -0.2) is 52.3 Å². The van der Waals surface area contributed by atoms with Crippen molar-refractivity contribution >= 4 is 34.4 Å². The van der Waals surface area contributed by atoms with Gasteiger partial charge < -0.3 is 19.3 Å². The smallest absolute Gasteiger partial charge is 0.334 e. The molecular formula is C15H15ClN2O4. The van der Waals surface area contributed by atoms with Gasteiger partial charge in [0.05, 0.1) is 18.2 Å². The van der Waals surface area contributed by atoms with E-state index in [2.05, 4.69) is 0 Å². The van der Waals surface area contributed by atoms with Crippen LogP contribution in [-0.2, 0) is 16.6 Å². The predicted molar refractivity (Wildman–Crippen MR) is 81.2 cm³/mol. The van der Waals surface area contributed by atoms with Crippen molar-refractivity contribution in [3.8, 4) is 0 Å². The number of morpholine rings is 1. The average molecular weight is 323 g/mol. The molecule has 1 aromatic heterocycles. The van der Waals surface area contributed by atoms with Gasteiger partial charge in [-0.05, 0) is 6.07 Å². The summed E-state index contributed by atoms with van der Waals surface area (Å²) in [7, 11) is 1.77. The van der Waals surface area contributed by atoms with Crippen molar-refractivity contribution in [3.05, 3.63) is 35.0 Å². The molecule has 1 fully saturated rings. The Balaban J connectivity index is 1.97. The van der Waals surface area contributed by atoms with Crippen molar-refractivity contribution < 1.29 is 19.4 Å². The van der Waals surface area contributed by atoms with E-state index in [9.17, 15) is 9.59 Å². The Bertz CT molecular complexity index is 716. The van der Waals surface area contributed by atoms with Crippen LogP contribution in [0.25, 0.3) is 10.9 Å². The number of hydrogen-bond acceptors (Lipinski definition) is 3. The van der Waals surface area contributed by atoms with Gasteiger partial charge in [0.2, 0.25) is 0 Å². The number of aromatic nitrogens is 1. The van der Waals surface area contributed by atoms with Gasteiger partial charge >= 0.3 is 5.97 Å². The number of fused-ring (bicyclic) bond motifs is 1. The molecule has 6 nitrogen and oxygen atoms in total. The summed E-state index contributed by atoms with van der Waals surface area (Å²) in [5, 5.41) is 10.2. The summed E-state index contributed by atoms with van der Waals surface area (Å²) in [4.78, 5) is 25.3. The Labute approximate surface area is 131 Å². The van der Waals surface area contributed by atoms with Crippen molar-refractivity contribution in [3.63, 3.8) is 0 Å². The molecule has 1 aliphatic heterocycles. The molecule has 0 unspecified atom stereocenters. The molecule has 0 spiro atoms. The molecule has 1 N–H and O–H groups in total. The van der Waals surface area contributed by atoms with E-state index in [4.69, 9.17) is 21.4 Å². The van der Waals surface area contributed by atoms with Gasteiger partial charge in [-0.2, -0.15) is 0 Å². The molecule has 22 heavy (non-hydrogen) atoms. The van der Waals surface area contributed by atoms with Crippen molar-refractivity contribution in [1.82, 2.24) is 9.47 Å². The second kappa shape index (κ2) is 5.62. The number of nitrogens with zero attached hydrogens (tertiary/aromatic N) is 2. The van der Waals surface area contributed by atoms with E-state index in [0.29, 0.717) is 17.3 Å². The zero-order valence-corrected chi connectivity index (χ0v) is 12.7. The second-order valence-corrected chi connectivity index (χ2v) is 5.57. The summed E-state index contributed by atoms with van der Waals surface area (Å²) in [6.07, 6.45) is -0.994. The number of carboxylic acid groups (broad SMARTS) is 1. The van der Waals surface area contributed by atoms with Gasteiger partial charge in [0.15, 0.2) is 6.10 Å². The average Bonchev–Trinajstić information content (AvgIpc) is 2.79. The van der Waals surface area contributed by atoms with E-state index in [0.717, 1.165) is 10.9 Å². The maximum atomic E-state index is 12.8. The Morgan fingerprint density at radius 3 is 2.77 bits per heavy atom. The highest BCUT2D eigenvalue weighted by molar-refractivity contribution is 6.38. The number of aliphatic carboxylic acids is 1. The summed E-state index contributed by atoms with van der Waals surface area (Å²) < 4.78 is 6.88. The molecule has 1 aromatic carbocycles. The summed E-state index contributed by atoms with van der Waals surface area (Å²) in [6.45, 7) is 0.566. The number of para-hydroxylation sites is 1. The molecule has 1 amide bonds. The van der Waals surface area contributed by atoms with Crippen LogP contribution in [0.3, 0.4) is 0 Å². The Hall–Kier alpha value is -2.05. The molecule has 2 heterocycles. The number of carbonyl (C=O) groups excluding carboxylic acids is 1. The topological polar surface area (TPSA) is 71.8 Å². The van der Waals surface area contributed by atoms with Crippen LogP contribution in [0.5, 0.6) is 0 Å². The molecule has 3 rings (SSSR count). The number of amides is 1. The van der Waals surface area contributed by atoms with Gasteiger partial charge in [0.25, 0.3) is 5.91 Å². The Morgan fingerprint density at radius 1 is 1.36 bits per heavy atom. The van der Waals surface area contributed by atoms with Crippen LogP contribution in [0.15, 0.2) is 24.3 Å². The number of hydrogen-bond donors (Lipinski definition) is 1. The highest BCUT2D eigenvalue weighted by atomic mass is 35.5. The molecule has 1 saturated heterocycles. The quantitative estimate of drug-likeness (QED) is 0.914. The molecule has 7 heteroatoms. The lowest BCUT2D eigenvalue weighted by molar-refractivity contribution is -0.154. The molecule has 1 atom stereocenters. The van der Waals surface area contributed by atoms with E-state index >= 15 is 0 Å². The lowest BCUT2D eigenvalue weighted by atomic mass is 10.2. The van der Waals surface area contributed by atoms with Crippen LogP contribution >= 0.6 is 11.6 Å². The van der Waals surface area contributed by atoms with Crippen LogP contribution in [0, 0.1) is 0 Å². The van der Waals surface area contributed by atoms with Crippen molar-refractivity contribution in [2.45, 2.75) is 6.10 Å².